The van der Waals surface area contributed by atoms with Gasteiger partial charge in [-0.1, -0.05) is 20.8 Å². The van der Waals surface area contributed by atoms with Crippen molar-refractivity contribution >= 4 is 17.5 Å². The molecule has 0 saturated carbocycles. The van der Waals surface area contributed by atoms with Crippen molar-refractivity contribution in [3.63, 3.8) is 0 Å². The van der Waals surface area contributed by atoms with Gasteiger partial charge in [0.2, 0.25) is 0 Å². The Morgan fingerprint density at radius 1 is 1.19 bits per heavy atom. The van der Waals surface area contributed by atoms with Gasteiger partial charge in [-0.15, -0.1) is 0 Å². The van der Waals surface area contributed by atoms with Crippen molar-refractivity contribution in [1.82, 2.24) is 15.1 Å². The third-order valence-electron chi connectivity index (χ3n) is 4.59. The zero-order valence-corrected chi connectivity index (χ0v) is 16.5. The second-order valence-corrected chi connectivity index (χ2v) is 7.96. The summed E-state index contributed by atoms with van der Waals surface area (Å²) in [7, 11) is 1.82. The van der Waals surface area contributed by atoms with Gasteiger partial charge in [-0.25, -0.2) is 4.79 Å². The number of aromatic nitrogens is 2. The standard InChI is InChI=1S/C20H29N5O2/c1-20(2,3)17-13-18(25(4)24-17)23-19(26)22-14-5-7-15(8-6-14)27-16-9-11-21-12-10-16/h5-8,13,16,21H,9-12H2,1-4H3,(H2,22,23,26). The van der Waals surface area contributed by atoms with E-state index in [9.17, 15) is 4.79 Å². The number of anilines is 2. The Kier molecular flexibility index (Phi) is 5.70. The fraction of sp³-hybridized carbons (Fsp3) is 0.500. The quantitative estimate of drug-likeness (QED) is 0.768. The number of urea groups is 1. The van der Waals surface area contributed by atoms with E-state index in [-0.39, 0.29) is 17.6 Å². The first-order valence-corrected chi connectivity index (χ1v) is 9.41. The highest BCUT2D eigenvalue weighted by molar-refractivity contribution is 5.99. The number of hydrogen-bond acceptors (Lipinski definition) is 4. The van der Waals surface area contributed by atoms with Gasteiger partial charge in [-0.05, 0) is 50.2 Å². The lowest BCUT2D eigenvalue weighted by Gasteiger charge is -2.23. The van der Waals surface area contributed by atoms with E-state index in [0.717, 1.165) is 37.4 Å². The van der Waals surface area contributed by atoms with E-state index in [1.54, 1.807) is 4.68 Å². The molecular weight excluding hydrogens is 342 g/mol. The molecule has 1 saturated heterocycles. The maximum atomic E-state index is 12.3. The molecule has 1 fully saturated rings. The zero-order valence-electron chi connectivity index (χ0n) is 16.5. The molecular formula is C20H29N5O2. The van der Waals surface area contributed by atoms with E-state index >= 15 is 0 Å². The molecule has 146 valence electrons. The molecule has 0 atom stereocenters. The van der Waals surface area contributed by atoms with Gasteiger partial charge in [0, 0.05) is 24.2 Å². The number of carbonyl (C=O) groups excluding carboxylic acids is 1. The highest BCUT2D eigenvalue weighted by Crippen LogP contribution is 2.24. The monoisotopic (exact) mass is 371 g/mol. The van der Waals surface area contributed by atoms with Crippen LogP contribution in [-0.2, 0) is 12.5 Å². The van der Waals surface area contributed by atoms with Crippen LogP contribution in [0.4, 0.5) is 16.3 Å². The number of aryl methyl sites for hydroxylation is 1. The first kappa shape index (κ1) is 19.2. The number of rotatable bonds is 4. The van der Waals surface area contributed by atoms with Crippen molar-refractivity contribution in [1.29, 1.82) is 0 Å². The largest absolute Gasteiger partial charge is 0.490 e. The SMILES string of the molecule is Cn1nc(C(C)(C)C)cc1NC(=O)Nc1ccc(OC2CCNCC2)cc1. The van der Waals surface area contributed by atoms with Crippen LogP contribution in [0.5, 0.6) is 5.75 Å². The molecule has 3 rings (SSSR count). The Morgan fingerprint density at radius 3 is 2.44 bits per heavy atom. The Bertz CT molecular complexity index is 771. The van der Waals surface area contributed by atoms with Gasteiger partial charge in [0.15, 0.2) is 0 Å². The highest BCUT2D eigenvalue weighted by atomic mass is 16.5. The molecule has 1 aliphatic rings. The van der Waals surface area contributed by atoms with Crippen molar-refractivity contribution in [2.45, 2.75) is 45.1 Å². The smallest absolute Gasteiger partial charge is 0.324 e. The molecule has 1 aromatic carbocycles. The number of carbonyl (C=O) groups is 1. The van der Waals surface area contributed by atoms with Gasteiger partial charge in [0.1, 0.15) is 17.7 Å². The Hall–Kier alpha value is -2.54. The average Bonchev–Trinajstić information content (AvgIpc) is 2.98. The van der Waals surface area contributed by atoms with Gasteiger partial charge < -0.3 is 15.4 Å². The van der Waals surface area contributed by atoms with Gasteiger partial charge >= 0.3 is 6.03 Å². The maximum absolute atomic E-state index is 12.3. The van der Waals surface area contributed by atoms with E-state index < -0.39 is 0 Å². The fourth-order valence-corrected chi connectivity index (χ4v) is 2.95. The lowest BCUT2D eigenvalue weighted by Crippen LogP contribution is -2.34. The van der Waals surface area contributed by atoms with Crippen LogP contribution in [0, 0.1) is 0 Å². The van der Waals surface area contributed by atoms with Gasteiger partial charge in [-0.2, -0.15) is 5.10 Å². The molecule has 0 bridgehead atoms. The predicted octanol–water partition coefficient (Wildman–Crippen LogP) is 3.49. The molecule has 7 heteroatoms. The molecule has 0 unspecified atom stereocenters. The van der Waals surface area contributed by atoms with Crippen LogP contribution in [0.1, 0.15) is 39.3 Å². The predicted molar refractivity (Wildman–Crippen MR) is 108 cm³/mol. The lowest BCUT2D eigenvalue weighted by atomic mass is 9.92. The molecule has 1 aromatic heterocycles. The van der Waals surface area contributed by atoms with E-state index in [1.165, 1.54) is 0 Å². The van der Waals surface area contributed by atoms with Crippen LogP contribution in [0.2, 0.25) is 0 Å². The summed E-state index contributed by atoms with van der Waals surface area (Å²) in [6.07, 6.45) is 2.29. The molecule has 7 nitrogen and oxygen atoms in total. The summed E-state index contributed by atoms with van der Waals surface area (Å²) in [6, 6.07) is 9.07. The Morgan fingerprint density at radius 2 is 1.85 bits per heavy atom. The summed E-state index contributed by atoms with van der Waals surface area (Å²) in [5.41, 5.74) is 1.57. The fourth-order valence-electron chi connectivity index (χ4n) is 2.95. The number of amides is 2. The summed E-state index contributed by atoms with van der Waals surface area (Å²) in [6.45, 7) is 8.26. The molecule has 1 aliphatic heterocycles. The van der Waals surface area contributed by atoms with E-state index in [4.69, 9.17) is 4.74 Å². The minimum absolute atomic E-state index is 0.0710. The molecule has 3 N–H and O–H groups in total. The van der Waals surface area contributed by atoms with Gasteiger partial charge in [-0.3, -0.25) is 10.00 Å². The van der Waals surface area contributed by atoms with Crippen molar-refractivity contribution in [3.05, 3.63) is 36.0 Å². The lowest BCUT2D eigenvalue weighted by molar-refractivity contribution is 0.162. The van der Waals surface area contributed by atoms with Crippen molar-refractivity contribution in [2.24, 2.45) is 7.05 Å². The van der Waals surface area contributed by atoms with Crippen LogP contribution in [-0.4, -0.2) is 35.0 Å². The highest BCUT2D eigenvalue weighted by Gasteiger charge is 2.19. The normalized spacial score (nSPS) is 15.4. The first-order chi connectivity index (χ1) is 12.8. The van der Waals surface area contributed by atoms with Gasteiger partial charge in [0.05, 0.1) is 5.69 Å². The number of benzene rings is 1. The molecule has 0 radical (unpaired) electrons. The van der Waals surface area contributed by atoms with Crippen LogP contribution in [0.15, 0.2) is 30.3 Å². The van der Waals surface area contributed by atoms with Crippen molar-refractivity contribution in [2.75, 3.05) is 23.7 Å². The number of ether oxygens (including phenoxy) is 1. The van der Waals surface area contributed by atoms with Crippen LogP contribution in [0.25, 0.3) is 0 Å². The van der Waals surface area contributed by atoms with E-state index in [1.807, 2.05) is 37.4 Å². The third-order valence-corrected chi connectivity index (χ3v) is 4.59. The molecule has 2 aromatic rings. The summed E-state index contributed by atoms with van der Waals surface area (Å²) >= 11 is 0. The molecule has 2 amide bonds. The summed E-state index contributed by atoms with van der Waals surface area (Å²) < 4.78 is 7.66. The minimum atomic E-state index is -0.300. The Balaban J connectivity index is 1.55. The molecule has 2 heterocycles. The van der Waals surface area contributed by atoms with E-state index in [0.29, 0.717) is 11.5 Å². The summed E-state index contributed by atoms with van der Waals surface area (Å²) in [5.74, 6) is 1.48. The van der Waals surface area contributed by atoms with Crippen LogP contribution >= 0.6 is 0 Å². The topological polar surface area (TPSA) is 80.2 Å². The minimum Gasteiger partial charge on any atom is -0.490 e. The average molecular weight is 371 g/mol. The second-order valence-electron chi connectivity index (χ2n) is 7.96. The summed E-state index contributed by atoms with van der Waals surface area (Å²) in [4.78, 5) is 12.3. The van der Waals surface area contributed by atoms with Crippen molar-refractivity contribution in [3.8, 4) is 5.75 Å². The first-order valence-electron chi connectivity index (χ1n) is 9.41. The number of hydrogen-bond donors (Lipinski definition) is 3. The molecule has 27 heavy (non-hydrogen) atoms. The summed E-state index contributed by atoms with van der Waals surface area (Å²) in [5, 5.41) is 13.5. The second kappa shape index (κ2) is 8.00. The Labute approximate surface area is 160 Å². The zero-order chi connectivity index (χ0) is 19.4. The number of piperidine rings is 1. The molecule has 0 spiro atoms. The van der Waals surface area contributed by atoms with E-state index in [2.05, 4.69) is 41.8 Å². The maximum Gasteiger partial charge on any atom is 0.324 e. The van der Waals surface area contributed by atoms with Crippen molar-refractivity contribution < 1.29 is 9.53 Å². The molecule has 0 aliphatic carbocycles. The third kappa shape index (κ3) is 5.23. The van der Waals surface area contributed by atoms with Crippen LogP contribution in [0.3, 0.4) is 0 Å². The number of nitrogens with zero attached hydrogens (tertiary/aromatic N) is 2. The van der Waals surface area contributed by atoms with Crippen LogP contribution < -0.4 is 20.7 Å². The number of nitrogens with one attached hydrogen (secondary N) is 3. The van der Waals surface area contributed by atoms with Gasteiger partial charge in [0.25, 0.3) is 0 Å².